The molecular weight excluding hydrogens is 326 g/mol. The van der Waals surface area contributed by atoms with Gasteiger partial charge in [-0.2, -0.15) is 0 Å². The first-order valence-electron chi connectivity index (χ1n) is 10.1. The van der Waals surface area contributed by atoms with Crippen LogP contribution in [0.1, 0.15) is 37.7 Å². The summed E-state index contributed by atoms with van der Waals surface area (Å²) in [6.07, 6.45) is 5.82. The Labute approximate surface area is 157 Å². The molecule has 2 aliphatic rings. The molecule has 144 valence electrons. The van der Waals surface area contributed by atoms with Gasteiger partial charge in [-0.1, -0.05) is 30.3 Å². The second-order valence-corrected chi connectivity index (χ2v) is 7.54. The molecule has 26 heavy (non-hydrogen) atoms. The van der Waals surface area contributed by atoms with Gasteiger partial charge in [0.1, 0.15) is 0 Å². The third-order valence-corrected chi connectivity index (χ3v) is 5.70. The first-order valence-corrected chi connectivity index (χ1v) is 10.1. The molecule has 0 bridgehead atoms. The number of amides is 1. The van der Waals surface area contributed by atoms with E-state index in [4.69, 9.17) is 4.74 Å². The largest absolute Gasteiger partial charge is 0.385 e. The topological polar surface area (TPSA) is 44.8 Å². The molecule has 2 atom stereocenters. The lowest BCUT2D eigenvalue weighted by Gasteiger charge is -2.34. The zero-order valence-electron chi connectivity index (χ0n) is 16.0. The second kappa shape index (κ2) is 10.0. The number of hydrogen-bond acceptors (Lipinski definition) is 4. The fourth-order valence-corrected chi connectivity index (χ4v) is 4.47. The molecule has 0 saturated carbocycles. The fraction of sp³-hybridized carbons (Fsp3) is 0.667. The van der Waals surface area contributed by atoms with E-state index in [1.165, 1.54) is 37.8 Å². The van der Waals surface area contributed by atoms with Crippen molar-refractivity contribution < 1.29 is 9.53 Å². The first-order chi connectivity index (χ1) is 12.8. The van der Waals surface area contributed by atoms with E-state index in [0.29, 0.717) is 31.8 Å². The van der Waals surface area contributed by atoms with E-state index in [1.807, 2.05) is 0 Å². The lowest BCUT2D eigenvalue weighted by Crippen LogP contribution is -2.48. The highest BCUT2D eigenvalue weighted by Crippen LogP contribution is 2.30. The SMILES string of the molecule is COCCCNC(=O)CN1CCCC1C1CCCN1Cc1ccccc1. The van der Waals surface area contributed by atoms with Crippen LogP contribution in [-0.4, -0.2) is 67.7 Å². The third kappa shape index (κ3) is 5.29. The van der Waals surface area contributed by atoms with Crippen LogP contribution in [0.15, 0.2) is 30.3 Å². The number of carbonyl (C=O) groups excluding carboxylic acids is 1. The highest BCUT2D eigenvalue weighted by Gasteiger charge is 2.38. The van der Waals surface area contributed by atoms with Gasteiger partial charge in [-0.3, -0.25) is 14.6 Å². The Morgan fingerprint density at radius 2 is 1.81 bits per heavy atom. The molecule has 2 aliphatic heterocycles. The summed E-state index contributed by atoms with van der Waals surface area (Å²) >= 11 is 0. The molecule has 2 fully saturated rings. The normalized spacial score (nSPS) is 24.2. The number of methoxy groups -OCH3 is 1. The Morgan fingerprint density at radius 3 is 2.54 bits per heavy atom. The number of nitrogens with zero attached hydrogens (tertiary/aromatic N) is 2. The maximum absolute atomic E-state index is 12.3. The quantitative estimate of drug-likeness (QED) is 0.687. The van der Waals surface area contributed by atoms with E-state index in [2.05, 4.69) is 45.4 Å². The van der Waals surface area contributed by atoms with Crippen molar-refractivity contribution in [2.24, 2.45) is 0 Å². The molecular formula is C21H33N3O2. The monoisotopic (exact) mass is 359 g/mol. The van der Waals surface area contributed by atoms with Crippen molar-refractivity contribution in [2.75, 3.05) is 39.9 Å². The van der Waals surface area contributed by atoms with Crippen LogP contribution in [0.4, 0.5) is 0 Å². The summed E-state index contributed by atoms with van der Waals surface area (Å²) in [7, 11) is 1.69. The fourth-order valence-electron chi connectivity index (χ4n) is 4.47. The Morgan fingerprint density at radius 1 is 1.12 bits per heavy atom. The Balaban J connectivity index is 1.52. The van der Waals surface area contributed by atoms with Gasteiger partial charge in [-0.05, 0) is 50.8 Å². The van der Waals surface area contributed by atoms with E-state index in [9.17, 15) is 4.79 Å². The molecule has 2 heterocycles. The van der Waals surface area contributed by atoms with Gasteiger partial charge in [0, 0.05) is 38.9 Å². The minimum absolute atomic E-state index is 0.153. The minimum Gasteiger partial charge on any atom is -0.385 e. The van der Waals surface area contributed by atoms with Crippen LogP contribution < -0.4 is 5.32 Å². The van der Waals surface area contributed by atoms with Gasteiger partial charge in [0.25, 0.3) is 0 Å². The number of rotatable bonds is 9. The van der Waals surface area contributed by atoms with E-state index in [-0.39, 0.29) is 5.91 Å². The van der Waals surface area contributed by atoms with Gasteiger partial charge in [-0.15, -0.1) is 0 Å². The molecule has 0 aliphatic carbocycles. The molecule has 5 nitrogen and oxygen atoms in total. The van der Waals surface area contributed by atoms with Crippen molar-refractivity contribution in [2.45, 2.75) is 50.7 Å². The summed E-state index contributed by atoms with van der Waals surface area (Å²) in [6, 6.07) is 11.9. The summed E-state index contributed by atoms with van der Waals surface area (Å²) in [4.78, 5) is 17.3. The van der Waals surface area contributed by atoms with Crippen molar-refractivity contribution in [3.05, 3.63) is 35.9 Å². The molecule has 2 saturated heterocycles. The highest BCUT2D eigenvalue weighted by atomic mass is 16.5. The van der Waals surface area contributed by atoms with Crippen LogP contribution in [0.25, 0.3) is 0 Å². The third-order valence-electron chi connectivity index (χ3n) is 5.70. The number of likely N-dealkylation sites (tertiary alicyclic amines) is 2. The average molecular weight is 360 g/mol. The van der Waals surface area contributed by atoms with E-state index in [1.54, 1.807) is 7.11 Å². The number of carbonyl (C=O) groups is 1. The summed E-state index contributed by atoms with van der Waals surface area (Å²) in [5.41, 5.74) is 1.39. The second-order valence-electron chi connectivity index (χ2n) is 7.54. The standard InChI is InChI=1S/C21H33N3O2/c1-26-15-7-12-22-21(25)17-24-14-6-11-20(24)19-10-5-13-23(19)16-18-8-3-2-4-9-18/h2-4,8-9,19-20H,5-7,10-17H2,1H3,(H,22,25). The molecule has 3 rings (SSSR count). The highest BCUT2D eigenvalue weighted by molar-refractivity contribution is 5.78. The van der Waals surface area contributed by atoms with E-state index >= 15 is 0 Å². The lowest BCUT2D eigenvalue weighted by atomic mass is 10.0. The van der Waals surface area contributed by atoms with Crippen LogP contribution >= 0.6 is 0 Å². The Hall–Kier alpha value is -1.43. The lowest BCUT2D eigenvalue weighted by molar-refractivity contribution is -0.122. The van der Waals surface area contributed by atoms with Gasteiger partial charge in [0.15, 0.2) is 0 Å². The molecule has 0 spiro atoms. The minimum atomic E-state index is 0.153. The van der Waals surface area contributed by atoms with Crippen molar-refractivity contribution in [3.63, 3.8) is 0 Å². The van der Waals surface area contributed by atoms with Crippen LogP contribution in [0.2, 0.25) is 0 Å². The summed E-state index contributed by atoms with van der Waals surface area (Å²) in [5, 5.41) is 3.03. The van der Waals surface area contributed by atoms with Crippen LogP contribution in [-0.2, 0) is 16.1 Å². The van der Waals surface area contributed by atoms with Crippen molar-refractivity contribution in [1.29, 1.82) is 0 Å². The van der Waals surface area contributed by atoms with Gasteiger partial charge < -0.3 is 10.1 Å². The molecule has 2 unspecified atom stereocenters. The van der Waals surface area contributed by atoms with Crippen LogP contribution in [0, 0.1) is 0 Å². The Kier molecular flexibility index (Phi) is 7.47. The van der Waals surface area contributed by atoms with Crippen molar-refractivity contribution in [1.82, 2.24) is 15.1 Å². The first kappa shape index (κ1) is 19.3. The van der Waals surface area contributed by atoms with Gasteiger partial charge in [0.2, 0.25) is 5.91 Å². The zero-order chi connectivity index (χ0) is 18.2. The molecule has 1 aromatic carbocycles. The maximum Gasteiger partial charge on any atom is 0.234 e. The van der Waals surface area contributed by atoms with Gasteiger partial charge in [-0.25, -0.2) is 0 Å². The van der Waals surface area contributed by atoms with Crippen LogP contribution in [0.5, 0.6) is 0 Å². The smallest absolute Gasteiger partial charge is 0.234 e. The number of hydrogen-bond donors (Lipinski definition) is 1. The Bertz CT molecular complexity index is 551. The van der Waals surface area contributed by atoms with Crippen molar-refractivity contribution >= 4 is 5.91 Å². The van der Waals surface area contributed by atoms with Crippen molar-refractivity contribution in [3.8, 4) is 0 Å². The predicted molar refractivity (Wildman–Crippen MR) is 104 cm³/mol. The molecule has 1 N–H and O–H groups in total. The zero-order valence-corrected chi connectivity index (χ0v) is 16.0. The van der Waals surface area contributed by atoms with Gasteiger partial charge in [0.05, 0.1) is 6.54 Å². The van der Waals surface area contributed by atoms with Crippen LogP contribution in [0.3, 0.4) is 0 Å². The summed E-state index contributed by atoms with van der Waals surface area (Å²) in [6.45, 7) is 5.18. The molecule has 1 aromatic rings. The van der Waals surface area contributed by atoms with Gasteiger partial charge >= 0.3 is 0 Å². The number of benzene rings is 1. The molecule has 1 amide bonds. The predicted octanol–water partition coefficient (Wildman–Crippen LogP) is 2.27. The van der Waals surface area contributed by atoms with E-state index < -0.39 is 0 Å². The molecule has 0 aromatic heterocycles. The maximum atomic E-state index is 12.3. The number of ether oxygens (including phenoxy) is 1. The van der Waals surface area contributed by atoms with E-state index in [0.717, 1.165) is 19.5 Å². The number of nitrogens with one attached hydrogen (secondary N) is 1. The summed E-state index contributed by atoms with van der Waals surface area (Å²) < 4.78 is 5.04. The molecule has 0 radical (unpaired) electrons. The summed E-state index contributed by atoms with van der Waals surface area (Å²) in [5.74, 6) is 0.153. The molecule has 5 heteroatoms. The average Bonchev–Trinajstić information content (AvgIpc) is 3.28.